The van der Waals surface area contributed by atoms with Gasteiger partial charge in [-0.05, 0) is 51.0 Å². The lowest BCUT2D eigenvalue weighted by Crippen LogP contribution is -2.00. The molecule has 25 heavy (non-hydrogen) atoms. The molecule has 0 saturated carbocycles. The highest BCUT2D eigenvalue weighted by Gasteiger charge is 2.06. The van der Waals surface area contributed by atoms with E-state index in [-0.39, 0.29) is 0 Å². The number of nitrogens with zero attached hydrogens (tertiary/aromatic N) is 1. The van der Waals surface area contributed by atoms with Crippen molar-refractivity contribution in [2.24, 2.45) is 5.16 Å². The maximum atomic E-state index is 5.91. The second-order valence-corrected chi connectivity index (χ2v) is 6.60. The lowest BCUT2D eigenvalue weighted by Gasteiger charge is -2.13. The molecule has 0 aliphatic carbocycles. The largest absolute Gasteiger partial charge is 0.490 e. The highest BCUT2D eigenvalue weighted by atomic mass is 32.2. The molecule has 1 rings (SSSR count). The Morgan fingerprint density at radius 2 is 1.76 bits per heavy atom. The van der Waals surface area contributed by atoms with Gasteiger partial charge in [0, 0.05) is 11.5 Å². The van der Waals surface area contributed by atoms with Gasteiger partial charge < -0.3 is 14.3 Å². The highest BCUT2D eigenvalue weighted by molar-refractivity contribution is 8.00. The predicted molar refractivity (Wildman–Crippen MR) is 108 cm³/mol. The molecule has 1 aromatic rings. The van der Waals surface area contributed by atoms with Crippen molar-refractivity contribution in [1.29, 1.82) is 0 Å². The molecule has 0 aliphatic rings. The van der Waals surface area contributed by atoms with E-state index in [9.17, 15) is 0 Å². The number of hydrogen-bond donors (Lipinski definition) is 0. The summed E-state index contributed by atoms with van der Waals surface area (Å²) >= 11 is 1.79. The Kier molecular flexibility index (Phi) is 10.6. The van der Waals surface area contributed by atoms with E-state index in [1.807, 2.05) is 58.1 Å². The second-order valence-electron chi connectivity index (χ2n) is 5.57. The van der Waals surface area contributed by atoms with Crippen LogP contribution in [0.4, 0.5) is 0 Å². The first kappa shape index (κ1) is 21.2. The van der Waals surface area contributed by atoms with Crippen molar-refractivity contribution in [2.75, 3.05) is 31.8 Å². The number of benzene rings is 1. The van der Waals surface area contributed by atoms with Crippen LogP contribution in [-0.2, 0) is 4.84 Å². The third-order valence-corrected chi connectivity index (χ3v) is 4.33. The van der Waals surface area contributed by atoms with Crippen molar-refractivity contribution < 1.29 is 14.3 Å². The molecule has 4 nitrogen and oxygen atoms in total. The summed E-state index contributed by atoms with van der Waals surface area (Å²) in [6.45, 7) is 9.18. The Hall–Kier alpha value is -1.88. The zero-order chi connectivity index (χ0) is 18.5. The second kappa shape index (κ2) is 12.5. The number of allylic oxidation sites excluding steroid dienone is 1. The number of aryl methyl sites for hydroxylation is 2. The molecule has 0 heterocycles. The van der Waals surface area contributed by atoms with E-state index in [1.54, 1.807) is 18.9 Å². The maximum absolute atomic E-state index is 5.91. The molecule has 0 spiro atoms. The molecule has 138 valence electrons. The number of oxime groups is 1. The van der Waals surface area contributed by atoms with Crippen LogP contribution in [-0.4, -0.2) is 37.5 Å². The Morgan fingerprint density at radius 3 is 2.40 bits per heavy atom. The molecular formula is C20H29NO3S. The maximum Gasteiger partial charge on any atom is 0.125 e. The molecule has 0 aliphatic heterocycles. The van der Waals surface area contributed by atoms with Crippen LogP contribution >= 0.6 is 11.8 Å². The van der Waals surface area contributed by atoms with Crippen LogP contribution in [0.2, 0.25) is 0 Å². The van der Waals surface area contributed by atoms with Crippen molar-refractivity contribution in [1.82, 2.24) is 0 Å². The minimum atomic E-state index is 0.562. The zero-order valence-corrected chi connectivity index (χ0v) is 16.7. The summed E-state index contributed by atoms with van der Waals surface area (Å²) in [6, 6.07) is 4.03. The van der Waals surface area contributed by atoms with E-state index in [2.05, 4.69) is 11.2 Å². The fraction of sp³-hybridized carbons (Fsp3) is 0.450. The molecule has 0 aromatic heterocycles. The summed E-state index contributed by atoms with van der Waals surface area (Å²) < 4.78 is 11.6. The van der Waals surface area contributed by atoms with Gasteiger partial charge in [0.25, 0.3) is 0 Å². The summed E-state index contributed by atoms with van der Waals surface area (Å²) in [4.78, 5) is 4.73. The van der Waals surface area contributed by atoms with Crippen LogP contribution in [0.15, 0.2) is 41.6 Å². The molecule has 0 N–H and O–H groups in total. The van der Waals surface area contributed by atoms with E-state index >= 15 is 0 Å². The quantitative estimate of drug-likeness (QED) is 0.241. The van der Waals surface area contributed by atoms with Gasteiger partial charge in [-0.2, -0.15) is 11.8 Å². The topological polar surface area (TPSA) is 40.0 Å². The normalized spacial score (nSPS) is 12.1. The van der Waals surface area contributed by atoms with E-state index in [1.165, 1.54) is 0 Å². The monoisotopic (exact) mass is 363 g/mol. The highest BCUT2D eigenvalue weighted by Crippen LogP contribution is 2.28. The van der Waals surface area contributed by atoms with Crippen molar-refractivity contribution >= 4 is 17.5 Å². The number of thioether (sulfide) groups is 1. The van der Waals surface area contributed by atoms with Gasteiger partial charge in [-0.3, -0.25) is 0 Å². The average molecular weight is 364 g/mol. The third kappa shape index (κ3) is 8.68. The van der Waals surface area contributed by atoms with E-state index < -0.39 is 0 Å². The van der Waals surface area contributed by atoms with Crippen LogP contribution in [0.25, 0.3) is 0 Å². The minimum Gasteiger partial charge on any atom is -0.490 e. The van der Waals surface area contributed by atoms with Gasteiger partial charge in [0.2, 0.25) is 0 Å². The predicted octanol–water partition coefficient (Wildman–Crippen LogP) is 4.95. The van der Waals surface area contributed by atoms with Gasteiger partial charge in [-0.25, -0.2) is 0 Å². The molecule has 1 aromatic carbocycles. The first-order valence-electron chi connectivity index (χ1n) is 8.35. The van der Waals surface area contributed by atoms with Gasteiger partial charge >= 0.3 is 0 Å². The number of ether oxygens (including phenoxy) is 2. The van der Waals surface area contributed by atoms with Crippen molar-refractivity contribution in [3.63, 3.8) is 0 Å². The van der Waals surface area contributed by atoms with Crippen LogP contribution in [0, 0.1) is 13.8 Å². The molecular weight excluding hydrogens is 334 g/mol. The van der Waals surface area contributed by atoms with Crippen LogP contribution in [0.5, 0.6) is 11.5 Å². The van der Waals surface area contributed by atoms with Gasteiger partial charge in [0.15, 0.2) is 0 Å². The van der Waals surface area contributed by atoms with Crippen molar-refractivity contribution in [3.05, 3.63) is 47.6 Å². The first-order chi connectivity index (χ1) is 12.1. The van der Waals surface area contributed by atoms with Gasteiger partial charge in [0.1, 0.15) is 31.8 Å². The van der Waals surface area contributed by atoms with E-state index in [4.69, 9.17) is 14.3 Å². The standard InChI is InChI=1S/C20H29NO3S/c1-6-7-10-23-19-13-16(2)20(17(3)14-19)24-11-8-9-12-25-15-18(4)21-22-5/h6-9,13-14H,10-12,15H2,1-5H3/b7-6+,9-8+,21-18+. The molecule has 0 unspecified atom stereocenters. The molecule has 0 radical (unpaired) electrons. The first-order valence-corrected chi connectivity index (χ1v) is 9.51. The molecule has 0 bridgehead atoms. The lowest BCUT2D eigenvalue weighted by atomic mass is 10.1. The van der Waals surface area contributed by atoms with Crippen LogP contribution in [0.1, 0.15) is 25.0 Å². The van der Waals surface area contributed by atoms with E-state index in [0.717, 1.165) is 39.8 Å². The molecule has 0 saturated heterocycles. The summed E-state index contributed by atoms with van der Waals surface area (Å²) in [5.74, 6) is 3.60. The fourth-order valence-corrected chi connectivity index (χ4v) is 2.92. The van der Waals surface area contributed by atoms with Crippen LogP contribution < -0.4 is 9.47 Å². The van der Waals surface area contributed by atoms with E-state index in [0.29, 0.717) is 13.2 Å². The smallest absolute Gasteiger partial charge is 0.125 e. The molecule has 0 amide bonds. The third-order valence-electron chi connectivity index (χ3n) is 3.28. The molecule has 5 heteroatoms. The molecule has 0 fully saturated rings. The van der Waals surface area contributed by atoms with Crippen molar-refractivity contribution in [3.8, 4) is 11.5 Å². The van der Waals surface area contributed by atoms with Gasteiger partial charge in [-0.1, -0.05) is 29.5 Å². The average Bonchev–Trinajstić information content (AvgIpc) is 2.56. The number of rotatable bonds is 11. The summed E-state index contributed by atoms with van der Waals surface area (Å²) in [5.41, 5.74) is 3.16. The Morgan fingerprint density at radius 1 is 1.08 bits per heavy atom. The Labute approximate surface area is 155 Å². The lowest BCUT2D eigenvalue weighted by molar-refractivity contribution is 0.213. The summed E-state index contributed by atoms with van der Waals surface area (Å²) in [7, 11) is 1.57. The van der Waals surface area contributed by atoms with Crippen molar-refractivity contribution in [2.45, 2.75) is 27.7 Å². The number of hydrogen-bond acceptors (Lipinski definition) is 5. The van der Waals surface area contributed by atoms with Gasteiger partial charge in [-0.15, -0.1) is 0 Å². The SMILES string of the molecule is C/C=C/COc1cc(C)c(OC/C=C/CSC/C(C)=N/OC)c(C)c1. The van der Waals surface area contributed by atoms with Crippen LogP contribution in [0.3, 0.4) is 0 Å². The fourth-order valence-electron chi connectivity index (χ4n) is 2.19. The Balaban J connectivity index is 2.41. The van der Waals surface area contributed by atoms with Gasteiger partial charge in [0.05, 0.1) is 5.71 Å². The molecule has 0 atom stereocenters. The zero-order valence-electron chi connectivity index (χ0n) is 15.9. The summed E-state index contributed by atoms with van der Waals surface area (Å²) in [5, 5.41) is 3.88. The summed E-state index contributed by atoms with van der Waals surface area (Å²) in [6.07, 6.45) is 8.13. The minimum absolute atomic E-state index is 0.562. The Bertz CT molecular complexity index is 586.